The number of alkyl halides is 4. The Hall–Kier alpha value is -1.54. The number of carbonyl (C=O) groups is 2. The van der Waals surface area contributed by atoms with Crippen LogP contribution in [0.25, 0.3) is 0 Å². The van der Waals surface area contributed by atoms with Crippen molar-refractivity contribution in [2.24, 2.45) is 5.92 Å². The Balaban J connectivity index is 2.65. The Morgan fingerprint density at radius 2 is 2.05 bits per heavy atom. The summed E-state index contributed by atoms with van der Waals surface area (Å²) in [6.45, 7) is 0.466. The summed E-state index contributed by atoms with van der Waals surface area (Å²) < 4.78 is 49.5. The quantitative estimate of drug-likeness (QED) is 0.764. The molecule has 0 spiro atoms. The average Bonchev–Trinajstić information content (AvgIpc) is 2.43. The first-order valence-corrected chi connectivity index (χ1v) is 6.62. The van der Waals surface area contributed by atoms with Gasteiger partial charge >= 0.3 is 24.3 Å². The van der Waals surface area contributed by atoms with Gasteiger partial charge in [0, 0.05) is 6.54 Å². The molecule has 1 aliphatic heterocycles. The fourth-order valence-electron chi connectivity index (χ4n) is 2.26. The number of carboxylic acid groups (broad SMARTS) is 1. The van der Waals surface area contributed by atoms with Crippen LogP contribution in [-0.4, -0.2) is 53.5 Å². The molecule has 5 nitrogen and oxygen atoms in total. The van der Waals surface area contributed by atoms with Crippen LogP contribution in [0.1, 0.15) is 26.2 Å². The van der Waals surface area contributed by atoms with Crippen LogP contribution in [0, 0.1) is 5.92 Å². The van der Waals surface area contributed by atoms with E-state index in [2.05, 4.69) is 0 Å². The first kappa shape index (κ1) is 17.5. The van der Waals surface area contributed by atoms with Gasteiger partial charge in [-0.1, -0.05) is 13.3 Å². The second-order valence-corrected chi connectivity index (χ2v) is 5.07. The van der Waals surface area contributed by atoms with Crippen molar-refractivity contribution in [1.82, 2.24) is 10.2 Å². The van der Waals surface area contributed by atoms with Crippen LogP contribution in [0.15, 0.2) is 0 Å². The van der Waals surface area contributed by atoms with Crippen molar-refractivity contribution in [2.45, 2.75) is 44.6 Å². The number of aliphatic carboxylic acids is 1. The van der Waals surface area contributed by atoms with Gasteiger partial charge in [-0.2, -0.15) is 8.78 Å². The topological polar surface area (TPSA) is 69.6 Å². The van der Waals surface area contributed by atoms with Gasteiger partial charge in [0.15, 0.2) is 0 Å². The van der Waals surface area contributed by atoms with E-state index in [0.29, 0.717) is 6.42 Å². The number of amides is 2. The molecule has 1 fully saturated rings. The van der Waals surface area contributed by atoms with Crippen molar-refractivity contribution in [3.8, 4) is 0 Å². The number of nitrogens with zero attached hydrogens (tertiary/aromatic N) is 1. The van der Waals surface area contributed by atoms with Crippen molar-refractivity contribution in [3.05, 3.63) is 0 Å². The summed E-state index contributed by atoms with van der Waals surface area (Å²) in [4.78, 5) is 23.8. The molecule has 1 aliphatic rings. The van der Waals surface area contributed by atoms with E-state index in [9.17, 15) is 27.2 Å². The Labute approximate surface area is 119 Å². The van der Waals surface area contributed by atoms with Gasteiger partial charge in [0.1, 0.15) is 6.04 Å². The van der Waals surface area contributed by atoms with Crippen molar-refractivity contribution in [2.75, 3.05) is 13.1 Å². The maximum Gasteiger partial charge on any atom is 0.326 e. The van der Waals surface area contributed by atoms with E-state index >= 15 is 0 Å². The lowest BCUT2D eigenvalue weighted by atomic mass is 9.89. The molecule has 0 radical (unpaired) electrons. The highest BCUT2D eigenvalue weighted by Crippen LogP contribution is 2.26. The van der Waals surface area contributed by atoms with E-state index in [4.69, 9.17) is 5.11 Å². The van der Waals surface area contributed by atoms with Gasteiger partial charge in [-0.15, -0.1) is 0 Å². The highest BCUT2D eigenvalue weighted by molar-refractivity contribution is 5.82. The summed E-state index contributed by atoms with van der Waals surface area (Å²) in [5.41, 5.74) is 0. The predicted molar refractivity (Wildman–Crippen MR) is 65.5 cm³/mol. The molecule has 0 aromatic heterocycles. The number of piperidine rings is 1. The molecule has 1 saturated heterocycles. The molecule has 9 heteroatoms. The summed E-state index contributed by atoms with van der Waals surface area (Å²) in [6, 6.07) is -2.18. The van der Waals surface area contributed by atoms with Crippen LogP contribution >= 0.6 is 0 Å². The summed E-state index contributed by atoms with van der Waals surface area (Å²) in [5, 5.41) is 10.8. The number of likely N-dealkylation sites (tertiary alicyclic amines) is 1. The van der Waals surface area contributed by atoms with Crippen LogP contribution < -0.4 is 5.32 Å². The number of carbonyl (C=O) groups excluding carboxylic acids is 1. The molecule has 1 heterocycles. The van der Waals surface area contributed by atoms with Gasteiger partial charge in [0.2, 0.25) is 0 Å². The van der Waals surface area contributed by atoms with Crippen LogP contribution in [-0.2, 0) is 4.79 Å². The highest BCUT2D eigenvalue weighted by atomic mass is 19.3. The van der Waals surface area contributed by atoms with Gasteiger partial charge in [-0.25, -0.2) is 18.4 Å². The number of nitrogens with one attached hydrogen (secondary N) is 1. The van der Waals surface area contributed by atoms with Crippen molar-refractivity contribution < 1.29 is 32.3 Å². The lowest BCUT2D eigenvalue weighted by molar-refractivity contribution is -0.144. The zero-order valence-electron chi connectivity index (χ0n) is 11.5. The lowest BCUT2D eigenvalue weighted by Gasteiger charge is -2.37. The van der Waals surface area contributed by atoms with Crippen LogP contribution in [0.3, 0.4) is 0 Å². The molecule has 0 aliphatic carbocycles. The van der Waals surface area contributed by atoms with Gasteiger partial charge in [0.25, 0.3) is 0 Å². The minimum atomic E-state index is -4.34. The first-order chi connectivity index (χ1) is 9.69. The third-order valence-corrected chi connectivity index (χ3v) is 3.63. The Morgan fingerprint density at radius 1 is 1.43 bits per heavy atom. The van der Waals surface area contributed by atoms with Crippen LogP contribution in [0.4, 0.5) is 22.4 Å². The molecule has 2 unspecified atom stereocenters. The van der Waals surface area contributed by atoms with E-state index in [1.165, 1.54) is 0 Å². The number of halogens is 4. The van der Waals surface area contributed by atoms with Gasteiger partial charge in [0.05, 0.1) is 6.54 Å². The molecule has 122 valence electrons. The van der Waals surface area contributed by atoms with Gasteiger partial charge < -0.3 is 15.3 Å². The smallest absolute Gasteiger partial charge is 0.326 e. The number of hydrogen-bond acceptors (Lipinski definition) is 2. The lowest BCUT2D eigenvalue weighted by Crippen LogP contribution is -2.55. The average molecular weight is 314 g/mol. The zero-order valence-corrected chi connectivity index (χ0v) is 11.5. The van der Waals surface area contributed by atoms with Crippen molar-refractivity contribution in [3.63, 3.8) is 0 Å². The Kier molecular flexibility index (Phi) is 5.79. The fourth-order valence-corrected chi connectivity index (χ4v) is 2.26. The maximum absolute atomic E-state index is 12.7. The molecule has 0 aromatic carbocycles. The molecule has 2 atom stereocenters. The molecule has 2 N–H and O–H groups in total. The summed E-state index contributed by atoms with van der Waals surface area (Å²) in [7, 11) is 0. The summed E-state index contributed by atoms with van der Waals surface area (Å²) in [5.74, 6) is -5.43. The normalized spacial score (nSPS) is 23.2. The third-order valence-electron chi connectivity index (χ3n) is 3.63. The minimum absolute atomic E-state index is 0.0988. The molecule has 21 heavy (non-hydrogen) atoms. The van der Waals surface area contributed by atoms with E-state index < -0.39 is 36.9 Å². The summed E-state index contributed by atoms with van der Waals surface area (Å²) >= 11 is 0. The van der Waals surface area contributed by atoms with Crippen LogP contribution in [0.5, 0.6) is 0 Å². The molecule has 0 bridgehead atoms. The number of urea groups is 1. The predicted octanol–water partition coefficient (Wildman–Crippen LogP) is 2.17. The molecular weight excluding hydrogens is 296 g/mol. The van der Waals surface area contributed by atoms with Crippen molar-refractivity contribution in [1.29, 1.82) is 0 Å². The monoisotopic (exact) mass is 314 g/mol. The molecule has 1 rings (SSSR count). The summed E-state index contributed by atoms with van der Waals surface area (Å²) in [6.07, 6.45) is -2.36. The second kappa shape index (κ2) is 6.95. The van der Waals surface area contributed by atoms with E-state index in [1.807, 2.05) is 6.92 Å². The number of carboxylic acids is 1. The van der Waals surface area contributed by atoms with Gasteiger partial charge in [-0.3, -0.25) is 0 Å². The molecular formula is C12H18F4N2O3. The van der Waals surface area contributed by atoms with Gasteiger partial charge in [-0.05, 0) is 18.8 Å². The Bertz CT molecular complexity index is 393. The van der Waals surface area contributed by atoms with E-state index in [-0.39, 0.29) is 18.9 Å². The molecule has 0 saturated carbocycles. The standard InChI is InChI=1S/C12H18F4N2O3/c1-2-7-3-4-18(8(5-7)9(19)20)11(21)17-6-12(15,16)10(13)14/h7-8,10H,2-6H2,1H3,(H,17,21)(H,19,20). The van der Waals surface area contributed by atoms with Crippen LogP contribution in [0.2, 0.25) is 0 Å². The number of rotatable bonds is 5. The largest absolute Gasteiger partial charge is 0.480 e. The SMILES string of the molecule is CCC1CCN(C(=O)NCC(F)(F)C(F)F)C(C(=O)O)C1. The molecule has 0 aromatic rings. The zero-order chi connectivity index (χ0) is 16.2. The number of hydrogen-bond donors (Lipinski definition) is 2. The Morgan fingerprint density at radius 3 is 2.52 bits per heavy atom. The third kappa shape index (κ3) is 4.47. The highest BCUT2D eigenvalue weighted by Gasteiger charge is 2.42. The van der Waals surface area contributed by atoms with E-state index in [1.54, 1.807) is 5.32 Å². The van der Waals surface area contributed by atoms with Crippen molar-refractivity contribution >= 4 is 12.0 Å². The minimum Gasteiger partial charge on any atom is -0.480 e. The van der Waals surface area contributed by atoms with E-state index in [0.717, 1.165) is 11.3 Å². The fraction of sp³-hybridized carbons (Fsp3) is 0.833. The maximum atomic E-state index is 12.7. The molecule has 2 amide bonds. The second-order valence-electron chi connectivity index (χ2n) is 5.07. The first-order valence-electron chi connectivity index (χ1n) is 6.62.